The maximum absolute atomic E-state index is 9.90. The zero-order valence-corrected chi connectivity index (χ0v) is 12.6. The molecule has 1 aromatic heterocycles. The Kier molecular flexibility index (Phi) is 5.99. The third kappa shape index (κ3) is 5.34. The molecule has 0 aliphatic heterocycles. The Bertz CT molecular complexity index is 507. The van der Waals surface area contributed by atoms with E-state index in [4.69, 9.17) is 9.15 Å². The maximum Gasteiger partial charge on any atom is 0.129 e. The van der Waals surface area contributed by atoms with Crippen LogP contribution in [0, 0.1) is 6.92 Å². The lowest BCUT2D eigenvalue weighted by molar-refractivity contribution is 0.0217. The Morgan fingerprint density at radius 3 is 2.67 bits per heavy atom. The molecule has 1 heterocycles. The summed E-state index contributed by atoms with van der Waals surface area (Å²) in [6, 6.07) is 12.3. The Balaban J connectivity index is 1.66. The molecule has 1 aromatic carbocycles. The number of aryl methyl sites for hydroxylation is 1. The molecule has 0 bridgehead atoms. The van der Waals surface area contributed by atoms with Gasteiger partial charge in [0.15, 0.2) is 0 Å². The molecule has 0 fully saturated rings. The van der Waals surface area contributed by atoms with E-state index in [0.29, 0.717) is 13.2 Å². The maximum atomic E-state index is 9.90. The van der Waals surface area contributed by atoms with Crippen LogP contribution in [0.1, 0.15) is 29.9 Å². The number of benzene rings is 1. The van der Waals surface area contributed by atoms with Crippen molar-refractivity contribution in [3.8, 4) is 0 Å². The van der Waals surface area contributed by atoms with E-state index in [2.05, 4.69) is 43.4 Å². The van der Waals surface area contributed by atoms with Crippen molar-refractivity contribution in [2.45, 2.75) is 32.6 Å². The quantitative estimate of drug-likeness (QED) is 0.784. The lowest BCUT2D eigenvalue weighted by Crippen LogP contribution is -2.32. The molecule has 0 saturated heterocycles. The van der Waals surface area contributed by atoms with Gasteiger partial charge in [-0.25, -0.2) is 0 Å². The van der Waals surface area contributed by atoms with E-state index in [0.717, 1.165) is 5.76 Å². The molecule has 0 aliphatic rings. The van der Waals surface area contributed by atoms with E-state index in [-0.39, 0.29) is 12.6 Å². The minimum atomic E-state index is -0.534. The van der Waals surface area contributed by atoms with E-state index in [1.54, 1.807) is 6.26 Å². The van der Waals surface area contributed by atoms with Crippen LogP contribution in [0.25, 0.3) is 0 Å². The molecule has 4 heteroatoms. The number of hydrogen-bond donors (Lipinski definition) is 2. The SMILES string of the molecule is Cc1ccc([C@@H](C)NCC(O)COCc2ccco2)cc1. The van der Waals surface area contributed by atoms with Crippen LogP contribution in [0.4, 0.5) is 0 Å². The molecule has 2 atom stereocenters. The summed E-state index contributed by atoms with van der Waals surface area (Å²) in [6.07, 6.45) is 1.08. The third-order valence-electron chi connectivity index (χ3n) is 3.37. The molecule has 21 heavy (non-hydrogen) atoms. The summed E-state index contributed by atoms with van der Waals surface area (Å²) in [6.45, 7) is 5.32. The first-order valence-electron chi connectivity index (χ1n) is 7.23. The number of rotatable bonds is 8. The fourth-order valence-electron chi connectivity index (χ4n) is 2.03. The number of hydrogen-bond acceptors (Lipinski definition) is 4. The van der Waals surface area contributed by atoms with E-state index in [9.17, 15) is 5.11 Å². The second-order valence-corrected chi connectivity index (χ2v) is 5.29. The largest absolute Gasteiger partial charge is 0.467 e. The van der Waals surface area contributed by atoms with Crippen LogP contribution in [0.3, 0.4) is 0 Å². The fraction of sp³-hybridized carbons (Fsp3) is 0.412. The van der Waals surface area contributed by atoms with Crippen molar-refractivity contribution in [1.29, 1.82) is 0 Å². The molecule has 0 spiro atoms. The highest BCUT2D eigenvalue weighted by Gasteiger charge is 2.09. The molecule has 0 amide bonds. The van der Waals surface area contributed by atoms with Gasteiger partial charge in [0, 0.05) is 12.6 Å². The van der Waals surface area contributed by atoms with E-state index < -0.39 is 6.10 Å². The minimum absolute atomic E-state index is 0.199. The highest BCUT2D eigenvalue weighted by atomic mass is 16.5. The summed E-state index contributed by atoms with van der Waals surface area (Å²) < 4.78 is 10.6. The predicted molar refractivity (Wildman–Crippen MR) is 82.0 cm³/mol. The Morgan fingerprint density at radius 1 is 1.24 bits per heavy atom. The lowest BCUT2D eigenvalue weighted by Gasteiger charge is -2.17. The molecule has 4 nitrogen and oxygen atoms in total. The smallest absolute Gasteiger partial charge is 0.129 e. The molecule has 2 N–H and O–H groups in total. The summed E-state index contributed by atoms with van der Waals surface area (Å²) in [5, 5.41) is 13.2. The summed E-state index contributed by atoms with van der Waals surface area (Å²) in [5.41, 5.74) is 2.46. The second-order valence-electron chi connectivity index (χ2n) is 5.29. The number of nitrogens with one attached hydrogen (secondary N) is 1. The van der Waals surface area contributed by atoms with Crippen molar-refractivity contribution < 1.29 is 14.3 Å². The predicted octanol–water partition coefficient (Wildman–Crippen LogP) is 2.82. The van der Waals surface area contributed by atoms with E-state index >= 15 is 0 Å². The highest BCUT2D eigenvalue weighted by molar-refractivity contribution is 5.23. The average Bonchev–Trinajstić information content (AvgIpc) is 2.99. The van der Waals surface area contributed by atoms with Gasteiger partial charge < -0.3 is 19.6 Å². The minimum Gasteiger partial charge on any atom is -0.467 e. The third-order valence-corrected chi connectivity index (χ3v) is 3.37. The average molecular weight is 289 g/mol. The summed E-state index contributed by atoms with van der Waals surface area (Å²) in [5.74, 6) is 0.767. The molecule has 2 aromatic rings. The van der Waals surface area contributed by atoms with Crippen molar-refractivity contribution in [3.05, 3.63) is 59.5 Å². The number of ether oxygens (including phenoxy) is 1. The standard InChI is InChI=1S/C17H23NO3/c1-13-5-7-15(8-6-13)14(2)18-10-16(19)11-20-12-17-4-3-9-21-17/h3-9,14,16,18-19H,10-12H2,1-2H3/t14-,16?/m1/s1. The molecule has 0 radical (unpaired) electrons. The van der Waals surface area contributed by atoms with Gasteiger partial charge in [0.25, 0.3) is 0 Å². The van der Waals surface area contributed by atoms with Gasteiger partial charge in [-0.05, 0) is 31.5 Å². The van der Waals surface area contributed by atoms with Gasteiger partial charge in [0.1, 0.15) is 12.4 Å². The van der Waals surface area contributed by atoms with Crippen LogP contribution in [0.5, 0.6) is 0 Å². The van der Waals surface area contributed by atoms with Crippen molar-refractivity contribution in [3.63, 3.8) is 0 Å². The first-order valence-corrected chi connectivity index (χ1v) is 7.23. The van der Waals surface area contributed by atoms with Crippen molar-refractivity contribution in [2.24, 2.45) is 0 Å². The number of furan rings is 1. The first-order chi connectivity index (χ1) is 10.1. The summed E-state index contributed by atoms with van der Waals surface area (Å²) in [7, 11) is 0. The van der Waals surface area contributed by atoms with Gasteiger partial charge in [0.05, 0.1) is 19.0 Å². The van der Waals surface area contributed by atoms with Gasteiger partial charge in [0.2, 0.25) is 0 Å². The molecular weight excluding hydrogens is 266 g/mol. The highest BCUT2D eigenvalue weighted by Crippen LogP contribution is 2.12. The molecule has 1 unspecified atom stereocenters. The zero-order valence-electron chi connectivity index (χ0n) is 12.6. The van der Waals surface area contributed by atoms with Crippen molar-refractivity contribution in [2.75, 3.05) is 13.2 Å². The zero-order chi connectivity index (χ0) is 15.1. The topological polar surface area (TPSA) is 54.6 Å². The van der Waals surface area contributed by atoms with Gasteiger partial charge in [-0.1, -0.05) is 29.8 Å². The van der Waals surface area contributed by atoms with Gasteiger partial charge in [-0.3, -0.25) is 0 Å². The van der Waals surface area contributed by atoms with E-state index in [1.807, 2.05) is 12.1 Å². The van der Waals surface area contributed by atoms with Crippen molar-refractivity contribution in [1.82, 2.24) is 5.32 Å². The molecule has 0 saturated carbocycles. The number of aliphatic hydroxyl groups is 1. The van der Waals surface area contributed by atoms with Gasteiger partial charge in [-0.2, -0.15) is 0 Å². The van der Waals surface area contributed by atoms with Crippen LogP contribution >= 0.6 is 0 Å². The van der Waals surface area contributed by atoms with Crippen molar-refractivity contribution >= 4 is 0 Å². The van der Waals surface area contributed by atoms with E-state index in [1.165, 1.54) is 11.1 Å². The number of aliphatic hydroxyl groups excluding tert-OH is 1. The van der Waals surface area contributed by atoms with Crippen LogP contribution in [0.15, 0.2) is 47.1 Å². The van der Waals surface area contributed by atoms with Gasteiger partial charge >= 0.3 is 0 Å². The van der Waals surface area contributed by atoms with Crippen LogP contribution < -0.4 is 5.32 Å². The van der Waals surface area contributed by atoms with Crippen LogP contribution in [-0.4, -0.2) is 24.4 Å². The molecule has 0 aliphatic carbocycles. The first kappa shape index (κ1) is 15.8. The van der Waals surface area contributed by atoms with Crippen LogP contribution in [0.2, 0.25) is 0 Å². The molecule has 2 rings (SSSR count). The normalized spacial score (nSPS) is 14.0. The summed E-state index contributed by atoms with van der Waals surface area (Å²) in [4.78, 5) is 0. The molecule has 114 valence electrons. The Hall–Kier alpha value is -1.62. The Morgan fingerprint density at radius 2 is 2.00 bits per heavy atom. The lowest BCUT2D eigenvalue weighted by atomic mass is 10.1. The molecular formula is C17H23NO3. The second kappa shape index (κ2) is 7.98. The Labute approximate surface area is 125 Å². The summed E-state index contributed by atoms with van der Waals surface area (Å²) >= 11 is 0. The van der Waals surface area contributed by atoms with Gasteiger partial charge in [-0.15, -0.1) is 0 Å². The van der Waals surface area contributed by atoms with Crippen LogP contribution in [-0.2, 0) is 11.3 Å². The monoisotopic (exact) mass is 289 g/mol. The fourth-order valence-corrected chi connectivity index (χ4v) is 2.03.